The zero-order chi connectivity index (χ0) is 33.5. The Kier molecular flexibility index (Phi) is 7.80. The topological polar surface area (TPSA) is 36.2 Å². The number of ether oxygens (including phenoxy) is 1. The Morgan fingerprint density at radius 1 is 0.571 bits per heavy atom. The van der Waals surface area contributed by atoms with Crippen LogP contribution in [0, 0.1) is 5.41 Å². The monoisotopic (exact) mass is 640 g/mol. The highest BCUT2D eigenvalue weighted by molar-refractivity contribution is 6.10. The van der Waals surface area contributed by atoms with Crippen LogP contribution in [0.4, 0.5) is 0 Å². The first-order valence-electron chi connectivity index (χ1n) is 17.3. The molecule has 49 heavy (non-hydrogen) atoms. The number of aromatic nitrogens is 2. The molecule has 0 spiro atoms. The predicted molar refractivity (Wildman–Crippen MR) is 204 cm³/mol. The second-order valence-electron chi connectivity index (χ2n) is 13.6. The Balaban J connectivity index is 1.06. The maximum absolute atomic E-state index is 12.4. The minimum absolute atomic E-state index is 0.115. The fourth-order valence-corrected chi connectivity index (χ4v) is 7.04. The summed E-state index contributed by atoms with van der Waals surface area (Å²) < 4.78 is 10.3. The number of rotatable bonds is 9. The van der Waals surface area contributed by atoms with Gasteiger partial charge in [-0.3, -0.25) is 4.79 Å². The normalized spacial score (nSPS) is 12.0. The van der Waals surface area contributed by atoms with E-state index in [-0.39, 0.29) is 5.97 Å². The van der Waals surface area contributed by atoms with E-state index in [1.165, 1.54) is 60.3 Å². The minimum atomic E-state index is -0.433. The van der Waals surface area contributed by atoms with Crippen molar-refractivity contribution in [3.63, 3.8) is 0 Å². The highest BCUT2D eigenvalue weighted by Crippen LogP contribution is 2.35. The summed E-state index contributed by atoms with van der Waals surface area (Å²) >= 11 is 0. The SMILES string of the molecule is CCC(C)(C)C(=O)OCCCc1ccc2c(c1)c1ccccc1n2-c1ccc(-c2ccc(-n3c4ccccc4c4ccccc43)cc2)cc1. The van der Waals surface area contributed by atoms with Crippen molar-refractivity contribution < 1.29 is 9.53 Å². The molecule has 0 aliphatic carbocycles. The molecule has 6 aromatic carbocycles. The Morgan fingerprint density at radius 2 is 1.02 bits per heavy atom. The van der Waals surface area contributed by atoms with Crippen molar-refractivity contribution in [2.75, 3.05) is 6.61 Å². The van der Waals surface area contributed by atoms with E-state index in [1.54, 1.807) is 0 Å². The number of esters is 1. The van der Waals surface area contributed by atoms with Crippen molar-refractivity contribution in [3.05, 3.63) is 145 Å². The van der Waals surface area contributed by atoms with Crippen molar-refractivity contribution in [1.29, 1.82) is 0 Å². The fraction of sp³-hybridized carbons (Fsp3) is 0.178. The third-order valence-corrected chi connectivity index (χ3v) is 10.2. The lowest BCUT2D eigenvalue weighted by Crippen LogP contribution is -2.26. The molecule has 4 heteroatoms. The molecule has 0 bridgehead atoms. The summed E-state index contributed by atoms with van der Waals surface area (Å²) in [6.45, 7) is 6.35. The van der Waals surface area contributed by atoms with Crippen LogP contribution in [0.1, 0.15) is 39.2 Å². The summed E-state index contributed by atoms with van der Waals surface area (Å²) in [5.74, 6) is -0.115. The molecule has 0 saturated carbocycles. The molecule has 0 aliphatic heterocycles. The van der Waals surface area contributed by atoms with E-state index in [2.05, 4.69) is 149 Å². The number of para-hydroxylation sites is 3. The second kappa shape index (κ2) is 12.4. The number of fused-ring (bicyclic) bond motifs is 6. The third kappa shape index (κ3) is 5.47. The molecule has 2 heterocycles. The predicted octanol–water partition coefficient (Wildman–Crippen LogP) is 11.5. The molecule has 8 aromatic rings. The van der Waals surface area contributed by atoms with Crippen molar-refractivity contribution in [1.82, 2.24) is 9.13 Å². The lowest BCUT2D eigenvalue weighted by atomic mass is 9.91. The Bertz CT molecular complexity index is 2410. The van der Waals surface area contributed by atoms with Gasteiger partial charge in [-0.15, -0.1) is 0 Å². The molecular formula is C45H40N2O2. The minimum Gasteiger partial charge on any atom is -0.465 e. The van der Waals surface area contributed by atoms with E-state index in [1.807, 2.05) is 20.8 Å². The van der Waals surface area contributed by atoms with Gasteiger partial charge in [-0.2, -0.15) is 0 Å². The lowest BCUT2D eigenvalue weighted by molar-refractivity contribution is -0.154. The van der Waals surface area contributed by atoms with E-state index in [4.69, 9.17) is 4.74 Å². The zero-order valence-corrected chi connectivity index (χ0v) is 28.3. The van der Waals surface area contributed by atoms with Crippen LogP contribution in [-0.4, -0.2) is 21.7 Å². The molecule has 0 saturated heterocycles. The van der Waals surface area contributed by atoms with E-state index in [9.17, 15) is 4.79 Å². The van der Waals surface area contributed by atoms with Crippen LogP contribution >= 0.6 is 0 Å². The van der Waals surface area contributed by atoms with Crippen LogP contribution in [0.3, 0.4) is 0 Å². The van der Waals surface area contributed by atoms with Crippen LogP contribution in [0.5, 0.6) is 0 Å². The summed E-state index contributed by atoms with van der Waals surface area (Å²) in [6, 6.07) is 50.4. The molecule has 0 unspecified atom stereocenters. The number of hydrogen-bond donors (Lipinski definition) is 0. The van der Waals surface area contributed by atoms with Gasteiger partial charge in [0.15, 0.2) is 0 Å². The van der Waals surface area contributed by atoms with Crippen LogP contribution in [0.15, 0.2) is 140 Å². The van der Waals surface area contributed by atoms with E-state index < -0.39 is 5.41 Å². The molecule has 4 nitrogen and oxygen atoms in total. The summed E-state index contributed by atoms with van der Waals surface area (Å²) in [5, 5.41) is 5.02. The van der Waals surface area contributed by atoms with Gasteiger partial charge in [-0.1, -0.05) is 91.9 Å². The maximum atomic E-state index is 12.4. The number of hydrogen-bond acceptors (Lipinski definition) is 2. The van der Waals surface area contributed by atoms with Crippen molar-refractivity contribution >= 4 is 49.6 Å². The molecule has 0 N–H and O–H groups in total. The van der Waals surface area contributed by atoms with Crippen LogP contribution in [-0.2, 0) is 16.0 Å². The van der Waals surface area contributed by atoms with Gasteiger partial charge in [0.2, 0.25) is 0 Å². The second-order valence-corrected chi connectivity index (χ2v) is 13.6. The highest BCUT2D eigenvalue weighted by Gasteiger charge is 2.26. The lowest BCUT2D eigenvalue weighted by Gasteiger charge is -2.20. The quantitative estimate of drug-likeness (QED) is 0.116. The number of nitrogens with zero attached hydrogens (tertiary/aromatic N) is 2. The molecule has 2 aromatic heterocycles. The van der Waals surface area contributed by atoms with Crippen LogP contribution in [0.25, 0.3) is 66.1 Å². The Morgan fingerprint density at radius 3 is 1.51 bits per heavy atom. The van der Waals surface area contributed by atoms with Crippen molar-refractivity contribution in [2.24, 2.45) is 5.41 Å². The molecule has 242 valence electrons. The first-order valence-corrected chi connectivity index (χ1v) is 17.3. The van der Waals surface area contributed by atoms with E-state index in [0.29, 0.717) is 6.61 Å². The molecule has 0 amide bonds. The van der Waals surface area contributed by atoms with E-state index in [0.717, 1.165) is 30.6 Å². The average molecular weight is 641 g/mol. The first-order chi connectivity index (χ1) is 23.9. The summed E-state index contributed by atoms with van der Waals surface area (Å²) in [5.41, 5.74) is 10.3. The van der Waals surface area contributed by atoms with Gasteiger partial charge in [0.05, 0.1) is 34.1 Å². The van der Waals surface area contributed by atoms with Crippen molar-refractivity contribution in [2.45, 2.75) is 40.0 Å². The van der Waals surface area contributed by atoms with Crippen LogP contribution < -0.4 is 0 Å². The summed E-state index contributed by atoms with van der Waals surface area (Å²) in [7, 11) is 0. The number of carbonyl (C=O) groups excluding carboxylic acids is 1. The summed E-state index contributed by atoms with van der Waals surface area (Å²) in [6.07, 6.45) is 2.43. The Labute approximate surface area is 287 Å². The van der Waals surface area contributed by atoms with Gasteiger partial charge >= 0.3 is 5.97 Å². The smallest absolute Gasteiger partial charge is 0.311 e. The number of carbonyl (C=O) groups is 1. The average Bonchev–Trinajstić information content (AvgIpc) is 3.66. The molecule has 0 radical (unpaired) electrons. The van der Waals surface area contributed by atoms with Gasteiger partial charge in [-0.05, 0) is 104 Å². The highest BCUT2D eigenvalue weighted by atomic mass is 16.5. The molecule has 0 aliphatic rings. The summed E-state index contributed by atoms with van der Waals surface area (Å²) in [4.78, 5) is 12.4. The number of benzene rings is 6. The number of aryl methyl sites for hydroxylation is 1. The fourth-order valence-electron chi connectivity index (χ4n) is 7.04. The molecule has 0 fully saturated rings. The molecular weight excluding hydrogens is 601 g/mol. The van der Waals surface area contributed by atoms with Gasteiger partial charge in [0, 0.05) is 32.9 Å². The molecule has 0 atom stereocenters. The third-order valence-electron chi connectivity index (χ3n) is 10.2. The van der Waals surface area contributed by atoms with Gasteiger partial charge in [-0.25, -0.2) is 0 Å². The van der Waals surface area contributed by atoms with Crippen LogP contribution in [0.2, 0.25) is 0 Å². The molecule has 8 rings (SSSR count). The van der Waals surface area contributed by atoms with Crippen molar-refractivity contribution in [3.8, 4) is 22.5 Å². The van der Waals surface area contributed by atoms with Gasteiger partial charge in [0.1, 0.15) is 0 Å². The van der Waals surface area contributed by atoms with Gasteiger partial charge < -0.3 is 13.9 Å². The zero-order valence-electron chi connectivity index (χ0n) is 28.3. The Hall–Kier alpha value is -5.61. The largest absolute Gasteiger partial charge is 0.465 e. The maximum Gasteiger partial charge on any atom is 0.311 e. The first kappa shape index (κ1) is 30.7. The van der Waals surface area contributed by atoms with E-state index >= 15 is 0 Å². The standard InChI is InChI=1S/C45H40N2O2/c1-4-45(2,3)44(48)49-29-11-12-31-19-28-43-39(30-31)38-15-7-10-18-42(38)47(43)35-26-22-33(23-27-35)32-20-24-34(25-21-32)46-40-16-8-5-13-36(40)37-14-6-9-17-41(37)46/h5-10,13-28,30H,4,11-12,29H2,1-3H3. The van der Waals surface area contributed by atoms with Gasteiger partial charge in [0.25, 0.3) is 0 Å².